The lowest BCUT2D eigenvalue weighted by Crippen LogP contribution is -2.50. The number of rotatable bonds is 1. The molecule has 24 heavy (non-hydrogen) atoms. The molecule has 1 aliphatic heterocycles. The maximum Gasteiger partial charge on any atom is 0.451 e. The molecule has 1 aromatic rings. The molecule has 3 atom stereocenters. The van der Waals surface area contributed by atoms with Crippen LogP contribution in [0, 0.1) is 11.8 Å². The average Bonchev–Trinajstić information content (AvgIpc) is 2.93. The number of aromatic nitrogens is 3. The first-order valence-electron chi connectivity index (χ1n) is 8.30. The van der Waals surface area contributed by atoms with E-state index in [0.29, 0.717) is 11.8 Å². The van der Waals surface area contributed by atoms with Crippen molar-refractivity contribution in [2.45, 2.75) is 58.4 Å². The second kappa shape index (κ2) is 6.25. The van der Waals surface area contributed by atoms with Gasteiger partial charge in [-0.05, 0) is 31.1 Å². The Bertz CT molecular complexity index is 615. The van der Waals surface area contributed by atoms with Gasteiger partial charge in [-0.3, -0.25) is 0 Å². The van der Waals surface area contributed by atoms with Crippen LogP contribution in [0.4, 0.5) is 18.0 Å². The van der Waals surface area contributed by atoms with E-state index in [1.807, 2.05) is 0 Å². The molecule has 1 aromatic heterocycles. The van der Waals surface area contributed by atoms with Gasteiger partial charge < -0.3 is 14.8 Å². The number of nitrogens with one attached hydrogen (secondary N) is 1. The second-order valence-corrected chi connectivity index (χ2v) is 6.96. The molecule has 0 unspecified atom stereocenters. The van der Waals surface area contributed by atoms with E-state index in [9.17, 15) is 18.0 Å². The van der Waals surface area contributed by atoms with Gasteiger partial charge in [0.1, 0.15) is 0 Å². The molecular formula is C15H22F3N5O. The van der Waals surface area contributed by atoms with Crippen LogP contribution in [-0.4, -0.2) is 38.3 Å². The maximum absolute atomic E-state index is 12.8. The normalized spacial score (nSPS) is 27.7. The molecule has 9 heteroatoms. The predicted octanol–water partition coefficient (Wildman–Crippen LogP) is 2.65. The third-order valence-corrected chi connectivity index (χ3v) is 5.03. The molecule has 0 spiro atoms. The molecule has 2 aliphatic rings. The van der Waals surface area contributed by atoms with Gasteiger partial charge in [0.05, 0.1) is 6.54 Å². The summed E-state index contributed by atoms with van der Waals surface area (Å²) in [5.41, 5.74) is 0. The molecule has 2 amide bonds. The third kappa shape index (κ3) is 3.34. The van der Waals surface area contributed by atoms with Crippen LogP contribution in [0.3, 0.4) is 0 Å². The zero-order chi connectivity index (χ0) is 17.5. The fraction of sp³-hybridized carbons (Fsp3) is 0.800. The molecule has 3 rings (SSSR count). The zero-order valence-electron chi connectivity index (χ0n) is 13.8. The summed E-state index contributed by atoms with van der Waals surface area (Å²) >= 11 is 0. The van der Waals surface area contributed by atoms with Gasteiger partial charge in [0.25, 0.3) is 0 Å². The Morgan fingerprint density at radius 2 is 1.96 bits per heavy atom. The molecule has 1 saturated carbocycles. The summed E-state index contributed by atoms with van der Waals surface area (Å²) in [6.45, 7) is 4.67. The predicted molar refractivity (Wildman–Crippen MR) is 79.9 cm³/mol. The number of fused-ring (bicyclic) bond motifs is 1. The highest BCUT2D eigenvalue weighted by atomic mass is 19.4. The van der Waals surface area contributed by atoms with Crippen LogP contribution in [-0.2, 0) is 19.3 Å². The van der Waals surface area contributed by atoms with Crippen molar-refractivity contribution in [3.05, 3.63) is 11.6 Å². The molecule has 134 valence electrons. The van der Waals surface area contributed by atoms with Crippen molar-refractivity contribution in [3.63, 3.8) is 0 Å². The van der Waals surface area contributed by atoms with Crippen molar-refractivity contribution < 1.29 is 18.0 Å². The van der Waals surface area contributed by atoms with Gasteiger partial charge in [-0.15, -0.1) is 10.2 Å². The largest absolute Gasteiger partial charge is 0.451 e. The number of hydrogen-bond acceptors (Lipinski definition) is 3. The monoisotopic (exact) mass is 345 g/mol. The lowest BCUT2D eigenvalue weighted by atomic mass is 9.80. The number of urea groups is 1. The van der Waals surface area contributed by atoms with Crippen molar-refractivity contribution in [3.8, 4) is 0 Å². The molecule has 0 bridgehead atoms. The number of hydrogen-bond donors (Lipinski definition) is 1. The Balaban J connectivity index is 1.63. The van der Waals surface area contributed by atoms with Crippen molar-refractivity contribution in [1.82, 2.24) is 25.0 Å². The number of carbonyl (C=O) groups is 1. The average molecular weight is 345 g/mol. The van der Waals surface area contributed by atoms with Crippen LogP contribution < -0.4 is 5.32 Å². The van der Waals surface area contributed by atoms with Crippen LogP contribution in [0.2, 0.25) is 0 Å². The Morgan fingerprint density at radius 1 is 1.21 bits per heavy atom. The standard InChI is InChI=1S/C15H22F3N5O/c1-9-3-4-11(10(2)7-9)19-14(24)22-5-6-23-12(8-22)20-21-13(23)15(16,17)18/h9-11H,3-8H2,1-2H3,(H,19,24)/t9-,10-,11+/m1/s1. The minimum absolute atomic E-state index is 0.0480. The summed E-state index contributed by atoms with van der Waals surface area (Å²) in [5.74, 6) is 0.256. The Morgan fingerprint density at radius 3 is 2.62 bits per heavy atom. The molecule has 0 saturated heterocycles. The van der Waals surface area contributed by atoms with Crippen molar-refractivity contribution >= 4 is 6.03 Å². The number of halogens is 3. The highest BCUT2D eigenvalue weighted by molar-refractivity contribution is 5.74. The number of alkyl halides is 3. The van der Waals surface area contributed by atoms with E-state index in [1.54, 1.807) is 0 Å². The zero-order valence-corrected chi connectivity index (χ0v) is 13.8. The highest BCUT2D eigenvalue weighted by Gasteiger charge is 2.40. The first-order chi connectivity index (χ1) is 11.3. The fourth-order valence-electron chi connectivity index (χ4n) is 3.67. The quantitative estimate of drug-likeness (QED) is 0.851. The van der Waals surface area contributed by atoms with Crippen LogP contribution in [0.25, 0.3) is 0 Å². The lowest BCUT2D eigenvalue weighted by Gasteiger charge is -2.35. The number of amides is 2. The minimum atomic E-state index is -4.52. The number of nitrogens with zero attached hydrogens (tertiary/aromatic N) is 4. The van der Waals surface area contributed by atoms with E-state index in [-0.39, 0.29) is 37.5 Å². The van der Waals surface area contributed by atoms with Crippen molar-refractivity contribution in [2.75, 3.05) is 6.54 Å². The van der Waals surface area contributed by atoms with E-state index in [2.05, 4.69) is 29.4 Å². The fourth-order valence-corrected chi connectivity index (χ4v) is 3.67. The summed E-state index contributed by atoms with van der Waals surface area (Å²) in [5, 5.41) is 9.86. The molecule has 0 aromatic carbocycles. The maximum atomic E-state index is 12.8. The van der Waals surface area contributed by atoms with Gasteiger partial charge in [-0.2, -0.15) is 13.2 Å². The van der Waals surface area contributed by atoms with Crippen LogP contribution >= 0.6 is 0 Å². The van der Waals surface area contributed by atoms with Gasteiger partial charge >= 0.3 is 12.2 Å². The van der Waals surface area contributed by atoms with E-state index in [1.165, 1.54) is 4.90 Å². The highest BCUT2D eigenvalue weighted by Crippen LogP contribution is 2.30. The molecule has 6 nitrogen and oxygen atoms in total. The molecular weight excluding hydrogens is 323 g/mol. The van der Waals surface area contributed by atoms with E-state index >= 15 is 0 Å². The summed E-state index contributed by atoms with van der Waals surface area (Å²) < 4.78 is 39.5. The van der Waals surface area contributed by atoms with E-state index < -0.39 is 12.0 Å². The molecule has 0 radical (unpaired) electrons. The first-order valence-corrected chi connectivity index (χ1v) is 8.30. The SMILES string of the molecule is C[C@@H]1CC[C@H](NC(=O)N2CCn3c(nnc3C(F)(F)F)C2)[C@H](C)C1. The van der Waals surface area contributed by atoms with Gasteiger partial charge in [-0.1, -0.05) is 13.8 Å². The minimum Gasteiger partial charge on any atom is -0.335 e. The van der Waals surface area contributed by atoms with Crippen molar-refractivity contribution in [1.29, 1.82) is 0 Å². The smallest absolute Gasteiger partial charge is 0.335 e. The Labute approximate surface area is 138 Å². The summed E-state index contributed by atoms with van der Waals surface area (Å²) in [6, 6.07) is -0.108. The molecule has 1 aliphatic carbocycles. The number of carbonyl (C=O) groups excluding carboxylic acids is 1. The van der Waals surface area contributed by atoms with Crippen LogP contribution in [0.5, 0.6) is 0 Å². The van der Waals surface area contributed by atoms with Crippen LogP contribution in [0.15, 0.2) is 0 Å². The first kappa shape index (κ1) is 17.0. The molecule has 2 heterocycles. The van der Waals surface area contributed by atoms with Crippen molar-refractivity contribution in [2.24, 2.45) is 11.8 Å². The van der Waals surface area contributed by atoms with Gasteiger partial charge in [0.2, 0.25) is 5.82 Å². The Hall–Kier alpha value is -1.80. The Kier molecular flexibility index (Phi) is 4.44. The molecule has 1 N–H and O–H groups in total. The lowest BCUT2D eigenvalue weighted by molar-refractivity contribution is -0.147. The summed E-state index contributed by atoms with van der Waals surface area (Å²) in [4.78, 5) is 14.0. The summed E-state index contributed by atoms with van der Waals surface area (Å²) in [6.07, 6.45) is -1.42. The van der Waals surface area contributed by atoms with Gasteiger partial charge in [-0.25, -0.2) is 4.79 Å². The summed E-state index contributed by atoms with van der Waals surface area (Å²) in [7, 11) is 0. The molecule has 1 fully saturated rings. The topological polar surface area (TPSA) is 63.1 Å². The third-order valence-electron chi connectivity index (χ3n) is 5.03. The van der Waals surface area contributed by atoms with E-state index in [0.717, 1.165) is 23.8 Å². The van der Waals surface area contributed by atoms with Gasteiger partial charge in [0.15, 0.2) is 5.82 Å². The van der Waals surface area contributed by atoms with Gasteiger partial charge in [0, 0.05) is 19.1 Å². The second-order valence-electron chi connectivity index (χ2n) is 6.96. The van der Waals surface area contributed by atoms with Crippen LogP contribution in [0.1, 0.15) is 44.8 Å². The van der Waals surface area contributed by atoms with E-state index in [4.69, 9.17) is 0 Å².